The third-order valence-electron chi connectivity index (χ3n) is 7.87. The molecule has 3 amide bonds. The Bertz CT molecular complexity index is 2240. The Balaban J connectivity index is 1.20. The topological polar surface area (TPSA) is 128 Å². The normalized spacial score (nSPS) is 11.7. The smallest absolute Gasteiger partial charge is 0.272 e. The van der Waals surface area contributed by atoms with Crippen LogP contribution >= 0.6 is 23.1 Å². The lowest BCUT2D eigenvalue weighted by Crippen LogP contribution is -2.30. The summed E-state index contributed by atoms with van der Waals surface area (Å²) in [5.74, 6) is 0.567. The van der Waals surface area contributed by atoms with Gasteiger partial charge < -0.3 is 30.2 Å². The lowest BCUT2D eigenvalue weighted by molar-refractivity contribution is -0.116. The Morgan fingerprint density at radius 2 is 1.53 bits per heavy atom. The van der Waals surface area contributed by atoms with E-state index in [0.29, 0.717) is 40.1 Å². The van der Waals surface area contributed by atoms with Crippen molar-refractivity contribution in [3.8, 4) is 17.2 Å². The van der Waals surface area contributed by atoms with Crippen molar-refractivity contribution in [2.45, 2.75) is 17.1 Å². The van der Waals surface area contributed by atoms with Gasteiger partial charge in [0.05, 0.1) is 31.0 Å². The van der Waals surface area contributed by atoms with Crippen LogP contribution in [0, 0.1) is 0 Å². The van der Waals surface area contributed by atoms with Crippen molar-refractivity contribution in [2.24, 2.45) is 0 Å². The number of hydrogen-bond donors (Lipinski definition) is 3. The Morgan fingerprint density at radius 1 is 0.811 bits per heavy atom. The van der Waals surface area contributed by atoms with Gasteiger partial charge in [-0.25, -0.2) is 4.98 Å². The number of fused-ring (bicyclic) bond motifs is 1. The van der Waals surface area contributed by atoms with Gasteiger partial charge in [-0.05, 0) is 91.4 Å². The molecule has 1 unspecified atom stereocenters. The van der Waals surface area contributed by atoms with Crippen LogP contribution in [0.1, 0.15) is 33.7 Å². The van der Waals surface area contributed by atoms with E-state index >= 15 is 0 Å². The van der Waals surface area contributed by atoms with Gasteiger partial charge in [-0.3, -0.25) is 14.4 Å². The van der Waals surface area contributed by atoms with Crippen molar-refractivity contribution in [3.05, 3.63) is 144 Å². The number of rotatable bonds is 14. The minimum Gasteiger partial charge on any atom is -0.497 e. The fourth-order valence-corrected chi connectivity index (χ4v) is 7.21. The maximum atomic E-state index is 13.8. The highest BCUT2D eigenvalue weighted by Crippen LogP contribution is 2.38. The molecule has 0 aliphatic rings. The minimum absolute atomic E-state index is 0.00590. The molecule has 12 heteroatoms. The van der Waals surface area contributed by atoms with Crippen LogP contribution in [0.2, 0.25) is 0 Å². The standard InChI is InChI=1S/C41H36N4O6S2/c1-4-51-31-17-21-33-36(25-31)53-41(44-33)45-40(48)37(26-11-7-5-8-12-26)52-32-19-15-29(16-20-32)42-39(47)34(43-38(46)27-13-9-6-10-14-27)24-28-23-30(49-2)18-22-35(28)50-3/h5-25,37H,4H2,1-3H3,(H,42,47)(H,43,46)(H,44,45,48)/b34-24-. The first kappa shape index (κ1) is 36.7. The highest BCUT2D eigenvalue weighted by atomic mass is 32.2. The summed E-state index contributed by atoms with van der Waals surface area (Å²) in [4.78, 5) is 46.1. The molecule has 0 bridgehead atoms. The van der Waals surface area contributed by atoms with E-state index < -0.39 is 17.1 Å². The first-order chi connectivity index (χ1) is 25.8. The summed E-state index contributed by atoms with van der Waals surface area (Å²) in [7, 11) is 3.06. The number of aromatic nitrogens is 1. The first-order valence-electron chi connectivity index (χ1n) is 16.6. The SMILES string of the molecule is CCOc1ccc2nc(NC(=O)C(Sc3ccc(NC(=O)/C(=C/c4cc(OC)ccc4OC)NC(=O)c4ccccc4)cc3)c3ccccc3)sc2c1. The number of carbonyl (C=O) groups excluding carboxylic acids is 3. The van der Waals surface area contributed by atoms with Gasteiger partial charge in [-0.1, -0.05) is 59.9 Å². The van der Waals surface area contributed by atoms with Crippen molar-refractivity contribution in [1.82, 2.24) is 10.3 Å². The highest BCUT2D eigenvalue weighted by Gasteiger charge is 2.24. The van der Waals surface area contributed by atoms with Gasteiger partial charge in [-0.15, -0.1) is 11.8 Å². The number of ether oxygens (including phenoxy) is 3. The van der Waals surface area contributed by atoms with E-state index in [0.717, 1.165) is 26.4 Å². The third kappa shape index (κ3) is 9.42. The molecule has 0 spiro atoms. The number of nitrogens with one attached hydrogen (secondary N) is 3. The average Bonchev–Trinajstić information content (AvgIpc) is 3.59. The summed E-state index contributed by atoms with van der Waals surface area (Å²) in [5, 5.41) is 8.53. The molecule has 5 aromatic carbocycles. The average molecular weight is 745 g/mol. The zero-order chi connectivity index (χ0) is 37.2. The second-order valence-electron chi connectivity index (χ2n) is 11.4. The summed E-state index contributed by atoms with van der Waals surface area (Å²) in [6.45, 7) is 2.49. The van der Waals surface area contributed by atoms with E-state index in [9.17, 15) is 14.4 Å². The van der Waals surface area contributed by atoms with Crippen molar-refractivity contribution in [2.75, 3.05) is 31.5 Å². The van der Waals surface area contributed by atoms with Crippen molar-refractivity contribution in [3.63, 3.8) is 0 Å². The minimum atomic E-state index is -0.594. The number of thioether (sulfide) groups is 1. The number of anilines is 2. The van der Waals surface area contributed by atoms with E-state index in [4.69, 9.17) is 14.2 Å². The van der Waals surface area contributed by atoms with Gasteiger partial charge in [0.2, 0.25) is 5.91 Å². The van der Waals surface area contributed by atoms with Crippen LogP contribution in [0.25, 0.3) is 16.3 Å². The zero-order valence-corrected chi connectivity index (χ0v) is 30.8. The molecule has 0 radical (unpaired) electrons. The predicted molar refractivity (Wildman–Crippen MR) is 211 cm³/mol. The van der Waals surface area contributed by atoms with Crippen LogP contribution in [0.15, 0.2) is 132 Å². The molecule has 0 aliphatic carbocycles. The molecular formula is C41H36N4O6S2. The second kappa shape index (κ2) is 17.4. The van der Waals surface area contributed by atoms with Crippen molar-refractivity contribution in [1.29, 1.82) is 0 Å². The van der Waals surface area contributed by atoms with Crippen molar-refractivity contribution >= 4 is 67.9 Å². The zero-order valence-electron chi connectivity index (χ0n) is 29.1. The molecule has 1 heterocycles. The number of thiazole rings is 1. The van der Waals surface area contributed by atoms with Crippen LogP contribution in [0.3, 0.4) is 0 Å². The number of methoxy groups -OCH3 is 2. The molecule has 10 nitrogen and oxygen atoms in total. The molecule has 6 rings (SSSR count). The molecule has 0 fully saturated rings. The van der Waals surface area contributed by atoms with E-state index in [-0.39, 0.29) is 11.6 Å². The molecular weight excluding hydrogens is 709 g/mol. The van der Waals surface area contributed by atoms with E-state index in [1.54, 1.807) is 60.7 Å². The van der Waals surface area contributed by atoms with Gasteiger partial charge >= 0.3 is 0 Å². The Kier molecular flexibility index (Phi) is 12.0. The molecule has 0 saturated carbocycles. The summed E-state index contributed by atoms with van der Waals surface area (Å²) in [6, 6.07) is 36.1. The molecule has 3 N–H and O–H groups in total. The number of carbonyl (C=O) groups is 3. The fraction of sp³-hybridized carbons (Fsp3) is 0.122. The van der Waals surface area contributed by atoms with Crippen LogP contribution in [-0.4, -0.2) is 43.5 Å². The molecule has 0 saturated heterocycles. The van der Waals surface area contributed by atoms with E-state index in [1.807, 2.05) is 67.6 Å². The van der Waals surface area contributed by atoms with Crippen LogP contribution < -0.4 is 30.2 Å². The highest BCUT2D eigenvalue weighted by molar-refractivity contribution is 8.00. The molecule has 6 aromatic rings. The van der Waals surface area contributed by atoms with Gasteiger partial charge in [0, 0.05) is 21.7 Å². The Labute approximate surface area is 315 Å². The summed E-state index contributed by atoms with van der Waals surface area (Å²) < 4.78 is 17.4. The molecule has 53 heavy (non-hydrogen) atoms. The Morgan fingerprint density at radius 3 is 2.23 bits per heavy atom. The summed E-state index contributed by atoms with van der Waals surface area (Å²) in [5.41, 5.74) is 3.00. The lowest BCUT2D eigenvalue weighted by Gasteiger charge is -2.17. The van der Waals surface area contributed by atoms with Gasteiger partial charge in [0.15, 0.2) is 5.13 Å². The summed E-state index contributed by atoms with van der Waals surface area (Å²) in [6.07, 6.45) is 1.54. The second-order valence-corrected chi connectivity index (χ2v) is 13.7. The number of benzene rings is 5. The van der Waals surface area contributed by atoms with Crippen LogP contribution in [-0.2, 0) is 9.59 Å². The van der Waals surface area contributed by atoms with E-state index in [2.05, 4.69) is 20.9 Å². The van der Waals surface area contributed by atoms with Gasteiger partial charge in [0.25, 0.3) is 11.8 Å². The number of amides is 3. The maximum Gasteiger partial charge on any atom is 0.272 e. The number of hydrogen-bond acceptors (Lipinski definition) is 9. The largest absolute Gasteiger partial charge is 0.497 e. The molecule has 1 atom stereocenters. The lowest BCUT2D eigenvalue weighted by atomic mass is 10.1. The van der Waals surface area contributed by atoms with E-state index in [1.165, 1.54) is 43.4 Å². The quantitative estimate of drug-likeness (QED) is 0.0748. The number of nitrogens with zero attached hydrogens (tertiary/aromatic N) is 1. The first-order valence-corrected chi connectivity index (χ1v) is 18.3. The molecule has 1 aromatic heterocycles. The monoisotopic (exact) mass is 744 g/mol. The fourth-order valence-electron chi connectivity index (χ4n) is 5.29. The molecule has 0 aliphatic heterocycles. The van der Waals surface area contributed by atoms with Gasteiger partial charge in [-0.2, -0.15) is 0 Å². The van der Waals surface area contributed by atoms with Gasteiger partial charge in [0.1, 0.15) is 28.2 Å². The Hall–Kier alpha value is -6.11. The third-order valence-corrected chi connectivity index (χ3v) is 10.1. The summed E-state index contributed by atoms with van der Waals surface area (Å²) >= 11 is 2.76. The van der Waals surface area contributed by atoms with Crippen LogP contribution in [0.4, 0.5) is 10.8 Å². The van der Waals surface area contributed by atoms with Crippen LogP contribution in [0.5, 0.6) is 17.2 Å². The molecule has 268 valence electrons. The maximum absolute atomic E-state index is 13.8. The predicted octanol–water partition coefficient (Wildman–Crippen LogP) is 8.59. The van der Waals surface area contributed by atoms with Crippen molar-refractivity contribution < 1.29 is 28.6 Å².